The molecule has 2 aromatic heterocycles. The Balaban J connectivity index is 1.33. The van der Waals surface area contributed by atoms with Crippen molar-refractivity contribution < 1.29 is 4.79 Å². The van der Waals surface area contributed by atoms with E-state index in [-0.39, 0.29) is 11.9 Å². The van der Waals surface area contributed by atoms with Crippen molar-refractivity contribution in [2.24, 2.45) is 7.05 Å². The van der Waals surface area contributed by atoms with E-state index < -0.39 is 0 Å². The number of hydrogen-bond acceptors (Lipinski definition) is 6. The molecule has 2 aliphatic rings. The van der Waals surface area contributed by atoms with Crippen LogP contribution in [0.4, 0.5) is 5.69 Å². The maximum Gasteiger partial charge on any atom is 0.244 e. The van der Waals surface area contributed by atoms with Crippen LogP contribution in [0.1, 0.15) is 12.1 Å². The van der Waals surface area contributed by atoms with Crippen molar-refractivity contribution in [1.82, 2.24) is 24.6 Å². The summed E-state index contributed by atoms with van der Waals surface area (Å²) in [5, 5.41) is 6.29. The van der Waals surface area contributed by atoms with Crippen LogP contribution in [0.15, 0.2) is 23.3 Å². The average molecular weight is 346 g/mol. The van der Waals surface area contributed by atoms with Crippen molar-refractivity contribution in [1.29, 1.82) is 0 Å². The Morgan fingerprint density at radius 3 is 2.75 bits per heavy atom. The number of thiazole rings is 1. The van der Waals surface area contributed by atoms with E-state index in [1.54, 1.807) is 22.2 Å². The highest BCUT2D eigenvalue weighted by Gasteiger charge is 2.38. The normalized spacial score (nSPS) is 23.3. The zero-order chi connectivity index (χ0) is 16.5. The van der Waals surface area contributed by atoms with Crippen molar-refractivity contribution >= 4 is 22.9 Å². The minimum Gasteiger partial charge on any atom is -0.308 e. The minimum atomic E-state index is 0.0200. The van der Waals surface area contributed by atoms with E-state index >= 15 is 0 Å². The monoisotopic (exact) mass is 346 g/mol. The van der Waals surface area contributed by atoms with Gasteiger partial charge < -0.3 is 4.90 Å². The quantitative estimate of drug-likeness (QED) is 0.820. The van der Waals surface area contributed by atoms with Gasteiger partial charge in [0.1, 0.15) is 0 Å². The van der Waals surface area contributed by atoms with E-state index in [1.165, 1.54) is 0 Å². The van der Waals surface area contributed by atoms with Gasteiger partial charge in [0.15, 0.2) is 0 Å². The number of nitrogens with zero attached hydrogens (tertiary/aromatic N) is 6. The van der Waals surface area contributed by atoms with E-state index in [0.29, 0.717) is 0 Å². The van der Waals surface area contributed by atoms with E-state index in [4.69, 9.17) is 0 Å². The molecular formula is C16H22N6OS. The highest BCUT2D eigenvalue weighted by atomic mass is 32.1. The lowest BCUT2D eigenvalue weighted by Gasteiger charge is -2.36. The van der Waals surface area contributed by atoms with E-state index in [1.807, 2.05) is 23.7 Å². The molecule has 128 valence electrons. The molecule has 0 saturated carbocycles. The Bertz CT molecular complexity index is 691. The third-order valence-corrected chi connectivity index (χ3v) is 5.53. The molecule has 4 rings (SSSR count). The zero-order valence-corrected chi connectivity index (χ0v) is 14.7. The number of rotatable bonds is 4. The summed E-state index contributed by atoms with van der Waals surface area (Å²) in [5.74, 6) is 0.218. The molecule has 7 nitrogen and oxygen atoms in total. The lowest BCUT2D eigenvalue weighted by Crippen LogP contribution is -2.52. The number of aromatic nitrogens is 3. The third kappa shape index (κ3) is 3.09. The van der Waals surface area contributed by atoms with Gasteiger partial charge in [0.25, 0.3) is 0 Å². The second kappa shape index (κ2) is 6.62. The molecule has 0 radical (unpaired) electrons. The van der Waals surface area contributed by atoms with Crippen LogP contribution in [0.5, 0.6) is 0 Å². The lowest BCUT2D eigenvalue weighted by atomic mass is 10.2. The molecule has 8 heteroatoms. The largest absolute Gasteiger partial charge is 0.308 e. The summed E-state index contributed by atoms with van der Waals surface area (Å²) in [7, 11) is 1.88. The van der Waals surface area contributed by atoms with Crippen LogP contribution >= 0.6 is 11.3 Å². The van der Waals surface area contributed by atoms with Gasteiger partial charge in [0, 0.05) is 57.9 Å². The van der Waals surface area contributed by atoms with Gasteiger partial charge in [-0.2, -0.15) is 5.10 Å². The number of carbonyl (C=O) groups excluding carboxylic acids is 1. The topological polar surface area (TPSA) is 57.5 Å². The van der Waals surface area contributed by atoms with E-state index in [0.717, 1.165) is 57.1 Å². The summed E-state index contributed by atoms with van der Waals surface area (Å²) in [6, 6.07) is 0.0200. The summed E-state index contributed by atoms with van der Waals surface area (Å²) >= 11 is 1.64. The summed E-state index contributed by atoms with van der Waals surface area (Å²) in [4.78, 5) is 23.8. The zero-order valence-electron chi connectivity index (χ0n) is 13.8. The molecule has 2 fully saturated rings. The van der Waals surface area contributed by atoms with Crippen molar-refractivity contribution in [3.63, 3.8) is 0 Å². The molecule has 0 aromatic carbocycles. The van der Waals surface area contributed by atoms with Gasteiger partial charge in [-0.3, -0.25) is 19.3 Å². The van der Waals surface area contributed by atoms with Gasteiger partial charge in [0.2, 0.25) is 5.91 Å². The van der Waals surface area contributed by atoms with E-state index in [2.05, 4.69) is 25.3 Å². The molecule has 2 aliphatic heterocycles. The van der Waals surface area contributed by atoms with Gasteiger partial charge in [-0.15, -0.1) is 11.3 Å². The van der Waals surface area contributed by atoms with Crippen LogP contribution < -0.4 is 4.90 Å². The lowest BCUT2D eigenvalue weighted by molar-refractivity contribution is -0.122. The van der Waals surface area contributed by atoms with Gasteiger partial charge in [-0.25, -0.2) is 4.98 Å². The van der Waals surface area contributed by atoms with Crippen LogP contribution in [0.3, 0.4) is 0 Å². The first-order chi connectivity index (χ1) is 11.7. The fourth-order valence-electron chi connectivity index (χ4n) is 3.59. The fourth-order valence-corrected chi connectivity index (χ4v) is 4.14. The molecule has 4 heterocycles. The fraction of sp³-hybridized carbons (Fsp3) is 0.562. The molecule has 0 aliphatic carbocycles. The molecule has 2 aromatic rings. The Hall–Kier alpha value is -1.77. The standard InChI is InChI=1S/C16H22N6OS/c1-19-10-14(8-18-19)22-3-2-15(16(22)23)21-6-4-20(5-7-21)9-13-11-24-12-17-13/h8,10-12,15H,2-7,9H2,1H3. The number of aryl methyl sites for hydroxylation is 1. The van der Waals surface area contributed by atoms with Crippen LogP contribution in [-0.4, -0.2) is 69.2 Å². The summed E-state index contributed by atoms with van der Waals surface area (Å²) in [5.41, 5.74) is 3.94. The maximum atomic E-state index is 12.8. The second-order valence-corrected chi connectivity index (χ2v) is 7.18. The number of piperazine rings is 1. The SMILES string of the molecule is Cn1cc(N2CCC(N3CCN(Cc4cscn4)CC3)C2=O)cn1. The number of amides is 1. The molecule has 0 N–H and O–H groups in total. The Labute approximate surface area is 145 Å². The Kier molecular flexibility index (Phi) is 4.34. The third-order valence-electron chi connectivity index (χ3n) is 4.90. The first kappa shape index (κ1) is 15.7. The Morgan fingerprint density at radius 2 is 2.08 bits per heavy atom. The Morgan fingerprint density at radius 1 is 1.25 bits per heavy atom. The average Bonchev–Trinajstić information content (AvgIpc) is 3.30. The maximum absolute atomic E-state index is 12.8. The summed E-state index contributed by atoms with van der Waals surface area (Å²) in [6.07, 6.45) is 4.58. The molecule has 2 saturated heterocycles. The van der Waals surface area contributed by atoms with Crippen molar-refractivity contribution in [2.45, 2.75) is 19.0 Å². The second-order valence-electron chi connectivity index (χ2n) is 6.46. The molecule has 0 spiro atoms. The van der Waals surface area contributed by atoms with Crippen LogP contribution in [0.25, 0.3) is 0 Å². The molecule has 1 unspecified atom stereocenters. The van der Waals surface area contributed by atoms with Gasteiger partial charge in [0.05, 0.1) is 29.1 Å². The predicted molar refractivity (Wildman–Crippen MR) is 92.9 cm³/mol. The highest BCUT2D eigenvalue weighted by molar-refractivity contribution is 7.07. The number of anilines is 1. The minimum absolute atomic E-state index is 0.0200. The van der Waals surface area contributed by atoms with E-state index in [9.17, 15) is 4.79 Å². The smallest absolute Gasteiger partial charge is 0.244 e. The summed E-state index contributed by atoms with van der Waals surface area (Å²) in [6.45, 7) is 5.58. The van der Waals surface area contributed by atoms with Gasteiger partial charge in [-0.05, 0) is 6.42 Å². The molecule has 1 atom stereocenters. The molecule has 24 heavy (non-hydrogen) atoms. The molecule has 1 amide bonds. The highest BCUT2D eigenvalue weighted by Crippen LogP contribution is 2.24. The summed E-state index contributed by atoms with van der Waals surface area (Å²) < 4.78 is 1.74. The molecule has 0 bridgehead atoms. The van der Waals surface area contributed by atoms with Gasteiger partial charge in [-0.1, -0.05) is 0 Å². The van der Waals surface area contributed by atoms with Crippen molar-refractivity contribution in [2.75, 3.05) is 37.6 Å². The van der Waals surface area contributed by atoms with Crippen LogP contribution in [0, 0.1) is 0 Å². The van der Waals surface area contributed by atoms with Gasteiger partial charge >= 0.3 is 0 Å². The van der Waals surface area contributed by atoms with Crippen molar-refractivity contribution in [3.8, 4) is 0 Å². The van der Waals surface area contributed by atoms with Crippen LogP contribution in [0.2, 0.25) is 0 Å². The van der Waals surface area contributed by atoms with Crippen molar-refractivity contribution in [3.05, 3.63) is 29.0 Å². The van der Waals surface area contributed by atoms with Crippen LogP contribution in [-0.2, 0) is 18.4 Å². The first-order valence-electron chi connectivity index (χ1n) is 8.34. The first-order valence-corrected chi connectivity index (χ1v) is 9.28. The molecular weight excluding hydrogens is 324 g/mol. The number of carbonyl (C=O) groups is 1. The predicted octanol–water partition coefficient (Wildman–Crippen LogP) is 0.800. The number of hydrogen-bond donors (Lipinski definition) is 0.